The number of carbonyl (C=O) groups is 1. The second-order valence-electron chi connectivity index (χ2n) is 4.39. The van der Waals surface area contributed by atoms with Crippen LogP contribution in [0.4, 0.5) is 5.95 Å². The van der Waals surface area contributed by atoms with Crippen molar-refractivity contribution in [3.63, 3.8) is 0 Å². The third-order valence-corrected chi connectivity index (χ3v) is 2.92. The smallest absolute Gasteiger partial charge is 0.336 e. The summed E-state index contributed by atoms with van der Waals surface area (Å²) in [5, 5.41) is 13.4. The summed E-state index contributed by atoms with van der Waals surface area (Å²) < 4.78 is 6.68. The highest BCUT2D eigenvalue weighted by molar-refractivity contribution is 6.04. The van der Waals surface area contributed by atoms with Gasteiger partial charge < -0.3 is 4.74 Å². The van der Waals surface area contributed by atoms with Gasteiger partial charge in [-0.2, -0.15) is 10.1 Å². The lowest BCUT2D eigenvalue weighted by Crippen LogP contribution is -2.15. The molecule has 2 N–H and O–H groups in total. The Hall–Kier alpha value is -2.38. The van der Waals surface area contributed by atoms with Crippen LogP contribution in [0.5, 0.6) is 6.01 Å². The Bertz CT molecular complexity index is 615. The molecular formula is C12H18N6O2. The second kappa shape index (κ2) is 5.72. The average molecular weight is 278 g/mol. The summed E-state index contributed by atoms with van der Waals surface area (Å²) in [6.45, 7) is 6.55. The molecule has 1 amide bonds. The van der Waals surface area contributed by atoms with E-state index in [-0.39, 0.29) is 17.9 Å². The van der Waals surface area contributed by atoms with E-state index in [1.165, 1.54) is 7.11 Å². The Morgan fingerprint density at radius 3 is 2.80 bits per heavy atom. The molecule has 0 saturated carbocycles. The molecule has 0 saturated heterocycles. The number of nitrogens with one attached hydrogen (secondary N) is 2. The third kappa shape index (κ3) is 2.63. The number of aromatic nitrogens is 5. The Labute approximate surface area is 116 Å². The van der Waals surface area contributed by atoms with E-state index >= 15 is 0 Å². The maximum Gasteiger partial charge on any atom is 0.336 e. The topological polar surface area (TPSA) is 97.7 Å². The normalized spacial score (nSPS) is 10.6. The number of amides is 1. The van der Waals surface area contributed by atoms with Gasteiger partial charge in [0.15, 0.2) is 0 Å². The van der Waals surface area contributed by atoms with Crippen molar-refractivity contribution in [2.75, 3.05) is 12.4 Å². The Kier molecular flexibility index (Phi) is 4.02. The number of hydrogen-bond acceptors (Lipinski definition) is 5. The van der Waals surface area contributed by atoms with Gasteiger partial charge in [-0.1, -0.05) is 6.92 Å². The summed E-state index contributed by atoms with van der Waals surface area (Å²) in [6, 6.07) is 0.176. The van der Waals surface area contributed by atoms with Gasteiger partial charge >= 0.3 is 6.01 Å². The standard InChI is InChI=1S/C12H18N6O2/c1-5-6-18-8(3)9(7(2)17-18)10(19)13-11-14-12(20-4)16-15-11/h5-6H2,1-4H3,(H2,13,14,15,16,19). The van der Waals surface area contributed by atoms with Crippen molar-refractivity contribution in [3.8, 4) is 6.01 Å². The number of ether oxygens (including phenoxy) is 1. The average Bonchev–Trinajstić information content (AvgIpc) is 2.95. The number of aromatic amines is 1. The SMILES string of the molecule is CCCn1nc(C)c(C(=O)Nc2nc(OC)n[nH]2)c1C. The van der Waals surface area contributed by atoms with Crippen LogP contribution < -0.4 is 10.1 Å². The number of methoxy groups -OCH3 is 1. The largest absolute Gasteiger partial charge is 0.466 e. The molecule has 0 spiro atoms. The first-order valence-electron chi connectivity index (χ1n) is 6.38. The van der Waals surface area contributed by atoms with Crippen molar-refractivity contribution in [1.82, 2.24) is 25.0 Å². The molecule has 2 heterocycles. The van der Waals surface area contributed by atoms with Gasteiger partial charge in [-0.3, -0.25) is 14.8 Å². The lowest BCUT2D eigenvalue weighted by Gasteiger charge is -2.03. The zero-order chi connectivity index (χ0) is 14.7. The fourth-order valence-corrected chi connectivity index (χ4v) is 2.02. The van der Waals surface area contributed by atoms with Gasteiger partial charge in [-0.05, 0) is 20.3 Å². The number of nitrogens with zero attached hydrogens (tertiary/aromatic N) is 4. The van der Waals surface area contributed by atoms with Gasteiger partial charge in [-0.15, -0.1) is 5.10 Å². The van der Waals surface area contributed by atoms with Crippen LogP contribution in [0.2, 0.25) is 0 Å². The highest BCUT2D eigenvalue weighted by Crippen LogP contribution is 2.15. The fraction of sp³-hybridized carbons (Fsp3) is 0.500. The molecule has 0 aliphatic carbocycles. The molecule has 8 heteroatoms. The van der Waals surface area contributed by atoms with E-state index in [1.807, 2.05) is 18.5 Å². The van der Waals surface area contributed by atoms with Crippen molar-refractivity contribution < 1.29 is 9.53 Å². The van der Waals surface area contributed by atoms with Crippen LogP contribution >= 0.6 is 0 Å². The van der Waals surface area contributed by atoms with E-state index in [1.54, 1.807) is 0 Å². The van der Waals surface area contributed by atoms with Crippen LogP contribution in [-0.4, -0.2) is 38.0 Å². The summed E-state index contributed by atoms with van der Waals surface area (Å²) in [5.41, 5.74) is 2.10. The molecule has 0 atom stereocenters. The third-order valence-electron chi connectivity index (χ3n) is 2.92. The quantitative estimate of drug-likeness (QED) is 0.858. The van der Waals surface area contributed by atoms with E-state index < -0.39 is 0 Å². The van der Waals surface area contributed by atoms with E-state index in [4.69, 9.17) is 4.74 Å². The minimum atomic E-state index is -0.263. The van der Waals surface area contributed by atoms with Gasteiger partial charge in [-0.25, -0.2) is 5.10 Å². The molecule has 20 heavy (non-hydrogen) atoms. The van der Waals surface area contributed by atoms with E-state index in [9.17, 15) is 4.79 Å². The zero-order valence-electron chi connectivity index (χ0n) is 12.0. The highest BCUT2D eigenvalue weighted by Gasteiger charge is 2.19. The lowest BCUT2D eigenvalue weighted by molar-refractivity contribution is 0.102. The fourth-order valence-electron chi connectivity index (χ4n) is 2.02. The van der Waals surface area contributed by atoms with Crippen LogP contribution in [-0.2, 0) is 6.54 Å². The molecule has 108 valence electrons. The van der Waals surface area contributed by atoms with E-state index in [0.29, 0.717) is 11.3 Å². The van der Waals surface area contributed by atoms with Crippen molar-refractivity contribution in [2.24, 2.45) is 0 Å². The minimum Gasteiger partial charge on any atom is -0.466 e. The van der Waals surface area contributed by atoms with Gasteiger partial charge in [0.1, 0.15) is 0 Å². The predicted octanol–water partition coefficient (Wildman–Crippen LogP) is 1.29. The van der Waals surface area contributed by atoms with Crippen molar-refractivity contribution in [3.05, 3.63) is 17.0 Å². The molecule has 0 aromatic carbocycles. The molecule has 0 unspecified atom stereocenters. The lowest BCUT2D eigenvalue weighted by atomic mass is 10.2. The summed E-state index contributed by atoms with van der Waals surface area (Å²) in [5.74, 6) is -0.0185. The maximum absolute atomic E-state index is 12.3. The van der Waals surface area contributed by atoms with Gasteiger partial charge in [0.2, 0.25) is 5.95 Å². The number of anilines is 1. The van der Waals surface area contributed by atoms with Crippen LogP contribution in [0, 0.1) is 13.8 Å². The van der Waals surface area contributed by atoms with E-state index in [2.05, 4.69) is 32.5 Å². The summed E-state index contributed by atoms with van der Waals surface area (Å²) in [4.78, 5) is 16.2. The Morgan fingerprint density at radius 1 is 1.45 bits per heavy atom. The van der Waals surface area contributed by atoms with Crippen molar-refractivity contribution in [1.29, 1.82) is 0 Å². The van der Waals surface area contributed by atoms with Crippen LogP contribution in [0.3, 0.4) is 0 Å². The number of aryl methyl sites for hydroxylation is 2. The Balaban J connectivity index is 2.20. The first-order chi connectivity index (χ1) is 9.56. The number of rotatable bonds is 5. The Morgan fingerprint density at radius 2 is 2.20 bits per heavy atom. The van der Waals surface area contributed by atoms with Crippen LogP contribution in [0.15, 0.2) is 0 Å². The molecule has 2 rings (SSSR count). The molecule has 8 nitrogen and oxygen atoms in total. The summed E-state index contributed by atoms with van der Waals surface area (Å²) in [6.07, 6.45) is 0.961. The van der Waals surface area contributed by atoms with Gasteiger partial charge in [0.25, 0.3) is 5.91 Å². The number of H-pyrrole nitrogens is 1. The molecule has 2 aromatic heterocycles. The summed E-state index contributed by atoms with van der Waals surface area (Å²) in [7, 11) is 1.46. The number of carbonyl (C=O) groups excluding carboxylic acids is 1. The molecule has 0 bridgehead atoms. The number of hydrogen-bond donors (Lipinski definition) is 2. The molecule has 0 aliphatic rings. The monoisotopic (exact) mass is 278 g/mol. The van der Waals surface area contributed by atoms with Crippen molar-refractivity contribution in [2.45, 2.75) is 33.7 Å². The van der Waals surface area contributed by atoms with E-state index in [0.717, 1.165) is 18.7 Å². The van der Waals surface area contributed by atoms with Crippen LogP contribution in [0.1, 0.15) is 35.1 Å². The predicted molar refractivity (Wildman–Crippen MR) is 72.9 cm³/mol. The van der Waals surface area contributed by atoms with Gasteiger partial charge in [0.05, 0.1) is 18.4 Å². The maximum atomic E-state index is 12.3. The molecule has 0 fully saturated rings. The van der Waals surface area contributed by atoms with Crippen molar-refractivity contribution >= 4 is 11.9 Å². The molecular weight excluding hydrogens is 260 g/mol. The molecule has 0 radical (unpaired) electrons. The molecule has 0 aliphatic heterocycles. The first kappa shape index (κ1) is 14.0. The first-order valence-corrected chi connectivity index (χ1v) is 6.38. The summed E-state index contributed by atoms with van der Waals surface area (Å²) >= 11 is 0. The minimum absolute atomic E-state index is 0.176. The van der Waals surface area contributed by atoms with Gasteiger partial charge in [0, 0.05) is 12.2 Å². The zero-order valence-corrected chi connectivity index (χ0v) is 12.0. The van der Waals surface area contributed by atoms with Crippen LogP contribution in [0.25, 0.3) is 0 Å². The highest BCUT2D eigenvalue weighted by atomic mass is 16.5. The molecule has 2 aromatic rings. The second-order valence-corrected chi connectivity index (χ2v) is 4.39.